The van der Waals surface area contributed by atoms with Crippen LogP contribution in [0.15, 0.2) is 0 Å². The minimum atomic E-state index is -2.56. The number of hydrogen-bond acceptors (Lipinski definition) is 10. The van der Waals surface area contributed by atoms with Crippen LogP contribution in [0, 0.1) is 5.92 Å². The molecule has 1 N–H and O–H groups in total. The molecule has 0 aliphatic carbocycles. The first-order chi connectivity index (χ1) is 18.5. The first-order valence-electron chi connectivity index (χ1n) is 14.7. The van der Waals surface area contributed by atoms with Gasteiger partial charge in [0.1, 0.15) is 23.7 Å². The Hall–Kier alpha value is -0.866. The number of aliphatic hydroxyl groups is 1. The molecular formula is C29H56O10Si2. The number of carbonyl (C=O) groups is 2. The van der Waals surface area contributed by atoms with E-state index in [-0.39, 0.29) is 28.3 Å². The SMILES string of the molecule is COC(=O)[C@H]1O[C@@H](O)[C@H](O[Si](C)(C)C(C)(C)C)[C@@H]2OC(C)(C)O[C@]2(CO[Si](C(C)C)(C(C)C)C(C)C)[C@@H]1C(=O)OC. The van der Waals surface area contributed by atoms with Crippen LogP contribution in [0.5, 0.6) is 0 Å². The van der Waals surface area contributed by atoms with Crippen molar-refractivity contribution in [1.29, 1.82) is 0 Å². The molecule has 2 saturated heterocycles. The lowest BCUT2D eigenvalue weighted by Gasteiger charge is -2.47. The van der Waals surface area contributed by atoms with E-state index >= 15 is 0 Å². The molecule has 2 fully saturated rings. The van der Waals surface area contributed by atoms with Gasteiger partial charge in [0.2, 0.25) is 0 Å². The Kier molecular flexibility index (Phi) is 11.2. The third kappa shape index (κ3) is 6.79. The molecule has 0 unspecified atom stereocenters. The quantitative estimate of drug-likeness (QED) is 0.260. The van der Waals surface area contributed by atoms with E-state index < -0.39 is 70.5 Å². The van der Waals surface area contributed by atoms with Crippen molar-refractivity contribution in [3.8, 4) is 0 Å². The highest BCUT2D eigenvalue weighted by Crippen LogP contribution is 2.52. The van der Waals surface area contributed by atoms with Gasteiger partial charge in [-0.15, -0.1) is 0 Å². The van der Waals surface area contributed by atoms with Gasteiger partial charge in [-0.1, -0.05) is 62.3 Å². The molecular weight excluding hydrogens is 564 g/mol. The van der Waals surface area contributed by atoms with Crippen LogP contribution in [0.2, 0.25) is 34.8 Å². The molecule has 0 aromatic heterocycles. The van der Waals surface area contributed by atoms with Crippen molar-refractivity contribution in [3.63, 3.8) is 0 Å². The fourth-order valence-electron chi connectivity index (χ4n) is 6.58. The summed E-state index contributed by atoms with van der Waals surface area (Å²) < 4.78 is 43.3. The second-order valence-corrected chi connectivity index (χ2v) is 24.6. The third-order valence-corrected chi connectivity index (χ3v) is 19.9. The van der Waals surface area contributed by atoms with Crippen LogP contribution >= 0.6 is 0 Å². The van der Waals surface area contributed by atoms with Crippen LogP contribution in [-0.4, -0.2) is 90.5 Å². The van der Waals surface area contributed by atoms with Gasteiger partial charge < -0.3 is 37.6 Å². The molecule has 0 saturated carbocycles. The van der Waals surface area contributed by atoms with E-state index in [1.54, 1.807) is 13.8 Å². The normalized spacial score (nSPS) is 30.9. The summed E-state index contributed by atoms with van der Waals surface area (Å²) >= 11 is 0. The Morgan fingerprint density at radius 3 is 1.83 bits per heavy atom. The van der Waals surface area contributed by atoms with Gasteiger partial charge in [0.05, 0.1) is 20.8 Å². The highest BCUT2D eigenvalue weighted by Gasteiger charge is 2.70. The Balaban J connectivity index is 2.90. The molecule has 0 aromatic carbocycles. The van der Waals surface area contributed by atoms with Crippen LogP contribution in [-0.2, 0) is 42.1 Å². The monoisotopic (exact) mass is 620 g/mol. The van der Waals surface area contributed by atoms with Gasteiger partial charge in [-0.25, -0.2) is 4.79 Å². The second kappa shape index (κ2) is 12.6. The Morgan fingerprint density at radius 1 is 0.927 bits per heavy atom. The minimum absolute atomic E-state index is 0.0947. The fraction of sp³-hybridized carbons (Fsp3) is 0.931. The van der Waals surface area contributed by atoms with Crippen LogP contribution in [0.25, 0.3) is 0 Å². The number of hydrogen-bond donors (Lipinski definition) is 1. The zero-order valence-electron chi connectivity index (χ0n) is 27.9. The van der Waals surface area contributed by atoms with Gasteiger partial charge in [-0.3, -0.25) is 4.79 Å². The minimum Gasteiger partial charge on any atom is -0.469 e. The summed E-state index contributed by atoms with van der Waals surface area (Å²) in [4.78, 5) is 26.9. The lowest BCUT2D eigenvalue weighted by atomic mass is 9.78. The van der Waals surface area contributed by atoms with Gasteiger partial charge in [0, 0.05) is 0 Å². The first kappa shape index (κ1) is 36.3. The molecule has 12 heteroatoms. The Bertz CT molecular complexity index is 907. The van der Waals surface area contributed by atoms with E-state index in [0.29, 0.717) is 0 Å². The Labute approximate surface area is 249 Å². The summed E-state index contributed by atoms with van der Waals surface area (Å²) in [6, 6.07) is 0. The van der Waals surface area contributed by atoms with Crippen molar-refractivity contribution in [3.05, 3.63) is 0 Å². The summed E-state index contributed by atoms with van der Waals surface area (Å²) in [7, 11) is -2.65. The van der Waals surface area contributed by atoms with E-state index in [1.807, 2.05) is 13.1 Å². The number of fused-ring (bicyclic) bond motifs is 1. The van der Waals surface area contributed by atoms with Gasteiger partial charge in [0.15, 0.2) is 34.8 Å². The number of aliphatic hydroxyl groups excluding tert-OH is 1. The molecule has 0 aromatic rings. The summed E-state index contributed by atoms with van der Waals surface area (Å²) in [5.41, 5.74) is -0.927. The maximum Gasteiger partial charge on any atom is 0.336 e. The summed E-state index contributed by atoms with van der Waals surface area (Å²) in [5, 5.41) is 11.3. The van der Waals surface area contributed by atoms with E-state index in [0.717, 1.165) is 0 Å². The van der Waals surface area contributed by atoms with Crippen LogP contribution in [0.1, 0.15) is 76.2 Å². The van der Waals surface area contributed by atoms with E-state index in [1.165, 1.54) is 14.2 Å². The largest absolute Gasteiger partial charge is 0.469 e. The first-order valence-corrected chi connectivity index (χ1v) is 19.8. The molecule has 0 bridgehead atoms. The molecule has 41 heavy (non-hydrogen) atoms. The van der Waals surface area contributed by atoms with Gasteiger partial charge in [-0.05, 0) is 48.6 Å². The summed E-state index contributed by atoms with van der Waals surface area (Å²) in [6.07, 6.45) is -5.34. The number of carbonyl (C=O) groups excluding carboxylic acids is 2. The molecule has 0 spiro atoms. The van der Waals surface area contributed by atoms with Crippen molar-refractivity contribution >= 4 is 28.6 Å². The van der Waals surface area contributed by atoms with Crippen molar-refractivity contribution < 1.29 is 47.2 Å². The molecule has 10 nitrogen and oxygen atoms in total. The highest BCUT2D eigenvalue weighted by atomic mass is 28.4. The standard InChI is InChI=1S/C29H56O10Si2/c1-17(2)41(18(3)4,19(5)6)35-16-29-20(24(30)33-12)21(25(31)34-13)36-26(32)22(23(29)37-28(10,11)39-29)38-40(14,15)27(7,8)9/h17-23,26,32H,16H2,1-15H3/t20-,21-,22+,23-,26+,29+/m0/s1. The average molecular weight is 621 g/mol. The highest BCUT2D eigenvalue weighted by molar-refractivity contribution is 6.77. The topological polar surface area (TPSA) is 119 Å². The predicted molar refractivity (Wildman–Crippen MR) is 160 cm³/mol. The lowest BCUT2D eigenvalue weighted by molar-refractivity contribution is -0.236. The maximum atomic E-state index is 13.7. The van der Waals surface area contributed by atoms with E-state index in [4.69, 9.17) is 32.5 Å². The zero-order chi connectivity index (χ0) is 31.9. The maximum absolute atomic E-state index is 13.7. The molecule has 6 atom stereocenters. The molecule has 2 aliphatic heterocycles. The van der Waals surface area contributed by atoms with Crippen molar-refractivity contribution in [2.45, 2.75) is 147 Å². The Morgan fingerprint density at radius 2 is 1.41 bits per heavy atom. The molecule has 0 radical (unpaired) electrons. The lowest BCUT2D eigenvalue weighted by Crippen LogP contribution is -2.64. The third-order valence-electron chi connectivity index (χ3n) is 9.40. The van der Waals surface area contributed by atoms with E-state index in [9.17, 15) is 14.7 Å². The number of rotatable bonds is 10. The molecule has 2 heterocycles. The van der Waals surface area contributed by atoms with Crippen molar-refractivity contribution in [2.75, 3.05) is 20.8 Å². The fourth-order valence-corrected chi connectivity index (χ4v) is 13.3. The van der Waals surface area contributed by atoms with Crippen LogP contribution < -0.4 is 0 Å². The predicted octanol–water partition coefficient (Wildman–Crippen LogP) is 5.14. The zero-order valence-corrected chi connectivity index (χ0v) is 29.9. The van der Waals surface area contributed by atoms with Crippen LogP contribution in [0.4, 0.5) is 0 Å². The summed E-state index contributed by atoms with van der Waals surface area (Å²) in [6.45, 7) is 26.7. The van der Waals surface area contributed by atoms with Gasteiger partial charge in [-0.2, -0.15) is 0 Å². The van der Waals surface area contributed by atoms with Crippen molar-refractivity contribution in [1.82, 2.24) is 0 Å². The smallest absolute Gasteiger partial charge is 0.336 e. The van der Waals surface area contributed by atoms with Gasteiger partial charge >= 0.3 is 11.9 Å². The van der Waals surface area contributed by atoms with Crippen LogP contribution in [0.3, 0.4) is 0 Å². The van der Waals surface area contributed by atoms with E-state index in [2.05, 4.69) is 62.3 Å². The molecule has 2 rings (SSSR count). The summed E-state index contributed by atoms with van der Waals surface area (Å²) in [5.74, 6) is -4.21. The average Bonchev–Trinajstić information content (AvgIpc) is 3.06. The second-order valence-electron chi connectivity index (χ2n) is 14.4. The molecule has 240 valence electrons. The number of esters is 2. The molecule has 2 aliphatic rings. The van der Waals surface area contributed by atoms with Gasteiger partial charge in [0.25, 0.3) is 0 Å². The van der Waals surface area contributed by atoms with Crippen molar-refractivity contribution in [2.24, 2.45) is 5.92 Å². The number of methoxy groups -OCH3 is 2. The number of ether oxygens (including phenoxy) is 5. The molecule has 0 amide bonds.